The summed E-state index contributed by atoms with van der Waals surface area (Å²) in [6.45, 7) is 13.1. The van der Waals surface area contributed by atoms with Crippen LogP contribution in [0.3, 0.4) is 0 Å². The first kappa shape index (κ1) is 20.6. The van der Waals surface area contributed by atoms with E-state index >= 15 is 0 Å². The zero-order valence-electron chi connectivity index (χ0n) is 15.9. The third-order valence-electron chi connectivity index (χ3n) is 4.45. The van der Waals surface area contributed by atoms with Crippen LogP contribution in [0.15, 0.2) is 0 Å². The summed E-state index contributed by atoms with van der Waals surface area (Å²) in [6, 6.07) is 0.637. The van der Waals surface area contributed by atoms with E-state index in [-0.39, 0.29) is 6.09 Å². The molecule has 0 bridgehead atoms. The van der Waals surface area contributed by atoms with Crippen molar-refractivity contribution in [2.45, 2.75) is 65.5 Å². The second-order valence-corrected chi connectivity index (χ2v) is 9.08. The Morgan fingerprint density at radius 2 is 1.96 bits per heavy atom. The fourth-order valence-corrected chi connectivity index (χ4v) is 3.63. The molecule has 0 aromatic heterocycles. The van der Waals surface area contributed by atoms with Crippen molar-refractivity contribution in [1.29, 1.82) is 0 Å². The molecule has 1 rings (SSSR count). The summed E-state index contributed by atoms with van der Waals surface area (Å²) in [7, 11) is 2.24. The van der Waals surface area contributed by atoms with Gasteiger partial charge in [-0.05, 0) is 71.4 Å². The molecule has 1 aliphatic heterocycles. The summed E-state index contributed by atoms with van der Waals surface area (Å²) in [5, 5.41) is 0. The quantitative estimate of drug-likeness (QED) is 0.651. The number of carbonyl (C=O) groups is 1. The van der Waals surface area contributed by atoms with Crippen molar-refractivity contribution in [3.05, 3.63) is 0 Å². The smallest absolute Gasteiger partial charge is 0.410 e. The minimum atomic E-state index is -0.403. The van der Waals surface area contributed by atoms with Gasteiger partial charge >= 0.3 is 6.09 Å². The van der Waals surface area contributed by atoms with Gasteiger partial charge in [0.2, 0.25) is 0 Å². The van der Waals surface area contributed by atoms with Gasteiger partial charge in [0.05, 0.1) is 0 Å². The summed E-state index contributed by atoms with van der Waals surface area (Å²) < 4.78 is 5.46. The van der Waals surface area contributed by atoms with E-state index in [1.165, 1.54) is 17.9 Å². The Balaban J connectivity index is 2.29. The van der Waals surface area contributed by atoms with E-state index in [1.807, 2.05) is 37.4 Å². The average Bonchev–Trinajstić information content (AvgIpc) is 2.46. The monoisotopic (exact) mass is 344 g/mol. The van der Waals surface area contributed by atoms with Crippen molar-refractivity contribution in [3.63, 3.8) is 0 Å². The topological polar surface area (TPSA) is 32.8 Å². The number of nitrogens with zero attached hydrogens (tertiary/aromatic N) is 2. The van der Waals surface area contributed by atoms with Gasteiger partial charge in [-0.1, -0.05) is 6.92 Å². The number of ether oxygens (including phenoxy) is 1. The van der Waals surface area contributed by atoms with Crippen LogP contribution in [0, 0.1) is 5.92 Å². The molecule has 0 aromatic carbocycles. The molecular formula is C18H36N2O2S. The van der Waals surface area contributed by atoms with Crippen LogP contribution in [0.4, 0.5) is 4.79 Å². The van der Waals surface area contributed by atoms with Crippen LogP contribution in [-0.4, -0.2) is 65.7 Å². The molecule has 1 saturated heterocycles. The summed E-state index contributed by atoms with van der Waals surface area (Å²) in [4.78, 5) is 16.4. The summed E-state index contributed by atoms with van der Waals surface area (Å²) in [5.74, 6) is 3.15. The SMILES string of the molecule is CCSCC[C@H](C)N(C)CC1CCN(C(=O)OC(C)(C)C)CC1. The van der Waals surface area contributed by atoms with Crippen molar-refractivity contribution < 1.29 is 9.53 Å². The van der Waals surface area contributed by atoms with Crippen LogP contribution in [0.1, 0.15) is 53.9 Å². The second kappa shape index (κ2) is 9.77. The Labute approximate surface area is 147 Å². The number of rotatable bonds is 7. The molecule has 0 N–H and O–H groups in total. The lowest BCUT2D eigenvalue weighted by Gasteiger charge is -2.36. The van der Waals surface area contributed by atoms with Gasteiger partial charge in [-0.25, -0.2) is 4.79 Å². The predicted molar refractivity (Wildman–Crippen MR) is 100 cm³/mol. The molecule has 23 heavy (non-hydrogen) atoms. The number of hydrogen-bond donors (Lipinski definition) is 0. The second-order valence-electron chi connectivity index (χ2n) is 7.68. The highest BCUT2D eigenvalue weighted by Gasteiger charge is 2.27. The van der Waals surface area contributed by atoms with Gasteiger partial charge in [-0.3, -0.25) is 0 Å². The molecule has 1 fully saturated rings. The summed E-state index contributed by atoms with van der Waals surface area (Å²) >= 11 is 2.02. The van der Waals surface area contributed by atoms with Crippen LogP contribution in [0.5, 0.6) is 0 Å². The maximum absolute atomic E-state index is 12.1. The van der Waals surface area contributed by atoms with Gasteiger partial charge in [0, 0.05) is 25.7 Å². The molecule has 4 nitrogen and oxygen atoms in total. The molecular weight excluding hydrogens is 308 g/mol. The van der Waals surface area contributed by atoms with Gasteiger partial charge in [0.15, 0.2) is 0 Å². The first-order valence-electron chi connectivity index (χ1n) is 8.98. The molecule has 1 aliphatic rings. The lowest BCUT2D eigenvalue weighted by atomic mass is 9.96. The van der Waals surface area contributed by atoms with Crippen molar-refractivity contribution in [2.24, 2.45) is 5.92 Å². The molecule has 0 aliphatic carbocycles. The normalized spacial score (nSPS) is 18.3. The highest BCUT2D eigenvalue weighted by molar-refractivity contribution is 7.99. The van der Waals surface area contributed by atoms with Crippen LogP contribution in [-0.2, 0) is 4.74 Å². The van der Waals surface area contributed by atoms with Crippen LogP contribution in [0.25, 0.3) is 0 Å². The highest BCUT2D eigenvalue weighted by Crippen LogP contribution is 2.21. The van der Waals surface area contributed by atoms with Crippen LogP contribution < -0.4 is 0 Å². The number of thioether (sulfide) groups is 1. The largest absolute Gasteiger partial charge is 0.444 e. The number of likely N-dealkylation sites (tertiary alicyclic amines) is 1. The fourth-order valence-electron chi connectivity index (χ4n) is 2.83. The molecule has 0 aromatic rings. The molecule has 0 radical (unpaired) electrons. The Morgan fingerprint density at radius 1 is 1.35 bits per heavy atom. The maximum atomic E-state index is 12.1. The number of hydrogen-bond acceptors (Lipinski definition) is 4. The minimum Gasteiger partial charge on any atom is -0.444 e. The molecule has 1 amide bonds. The van der Waals surface area contributed by atoms with Gasteiger partial charge in [0.1, 0.15) is 5.60 Å². The third kappa shape index (κ3) is 8.30. The average molecular weight is 345 g/mol. The van der Waals surface area contributed by atoms with Crippen LogP contribution in [0.2, 0.25) is 0 Å². The number of amides is 1. The molecule has 1 atom stereocenters. The molecule has 136 valence electrons. The van der Waals surface area contributed by atoms with E-state index < -0.39 is 5.60 Å². The van der Waals surface area contributed by atoms with Crippen molar-refractivity contribution in [3.8, 4) is 0 Å². The summed E-state index contributed by atoms with van der Waals surface area (Å²) in [5.41, 5.74) is -0.403. The van der Waals surface area contributed by atoms with Crippen molar-refractivity contribution in [1.82, 2.24) is 9.80 Å². The molecule has 5 heteroatoms. The van der Waals surface area contributed by atoms with Crippen molar-refractivity contribution in [2.75, 3.05) is 38.2 Å². The highest BCUT2D eigenvalue weighted by atomic mass is 32.2. The van der Waals surface area contributed by atoms with Crippen LogP contribution >= 0.6 is 11.8 Å². The maximum Gasteiger partial charge on any atom is 0.410 e. The van der Waals surface area contributed by atoms with Gasteiger partial charge in [0.25, 0.3) is 0 Å². The van der Waals surface area contributed by atoms with E-state index in [9.17, 15) is 4.79 Å². The molecule has 0 spiro atoms. The molecule has 0 unspecified atom stereocenters. The lowest BCUT2D eigenvalue weighted by Crippen LogP contribution is -2.44. The van der Waals surface area contributed by atoms with Gasteiger partial charge < -0.3 is 14.5 Å². The van der Waals surface area contributed by atoms with E-state index in [4.69, 9.17) is 4.74 Å². The predicted octanol–water partition coefficient (Wildman–Crippen LogP) is 4.10. The lowest BCUT2D eigenvalue weighted by molar-refractivity contribution is 0.0168. The molecule has 0 saturated carbocycles. The minimum absolute atomic E-state index is 0.158. The van der Waals surface area contributed by atoms with E-state index in [1.54, 1.807) is 0 Å². The Kier molecular flexibility index (Phi) is 8.76. The fraction of sp³-hybridized carbons (Fsp3) is 0.944. The zero-order valence-corrected chi connectivity index (χ0v) is 16.7. The third-order valence-corrected chi connectivity index (χ3v) is 5.38. The summed E-state index contributed by atoms with van der Waals surface area (Å²) in [6.07, 6.45) is 3.26. The number of carbonyl (C=O) groups excluding carboxylic acids is 1. The first-order valence-corrected chi connectivity index (χ1v) is 10.1. The van der Waals surface area contributed by atoms with Gasteiger partial charge in [-0.15, -0.1) is 0 Å². The standard InChI is InChI=1S/C18H36N2O2S/c1-7-23-13-10-15(2)19(6)14-16-8-11-20(12-9-16)17(21)22-18(3,4)5/h15-16H,7-14H2,1-6H3/t15-/m0/s1. The zero-order chi connectivity index (χ0) is 17.5. The molecule has 1 heterocycles. The Bertz CT molecular complexity index is 349. The van der Waals surface area contributed by atoms with E-state index in [2.05, 4.69) is 25.8 Å². The van der Waals surface area contributed by atoms with E-state index in [0.717, 1.165) is 32.5 Å². The first-order chi connectivity index (χ1) is 10.7. The van der Waals surface area contributed by atoms with E-state index in [0.29, 0.717) is 12.0 Å². The van der Waals surface area contributed by atoms with Crippen molar-refractivity contribution >= 4 is 17.9 Å². The number of piperidine rings is 1. The Hall–Kier alpha value is -0.420. The van der Waals surface area contributed by atoms with Gasteiger partial charge in [-0.2, -0.15) is 11.8 Å². The Morgan fingerprint density at radius 3 is 2.48 bits per heavy atom.